The van der Waals surface area contributed by atoms with Gasteiger partial charge in [0.1, 0.15) is 0 Å². The SMILES string of the molecule is c1ccc(-c2cc(-c3cccc4c3-c3ccccc3C43c4ccccc4-c4ccccc4-c4ccccc43)nc(-c3ccccc3-c3ccccc3)n2)cc1. The molecule has 0 fully saturated rings. The molecular formula is C53H34N2. The highest BCUT2D eigenvalue weighted by atomic mass is 14.9. The molecular weight excluding hydrogens is 665 g/mol. The van der Waals surface area contributed by atoms with Gasteiger partial charge in [-0.1, -0.05) is 200 Å². The fourth-order valence-corrected chi connectivity index (χ4v) is 9.32. The average Bonchev–Trinajstić information content (AvgIpc) is 3.52. The molecule has 0 N–H and O–H groups in total. The molecule has 55 heavy (non-hydrogen) atoms. The highest BCUT2D eigenvalue weighted by molar-refractivity contribution is 6.00. The lowest BCUT2D eigenvalue weighted by Gasteiger charge is -2.35. The summed E-state index contributed by atoms with van der Waals surface area (Å²) in [5.74, 6) is 0.704. The van der Waals surface area contributed by atoms with Crippen molar-refractivity contribution in [2.45, 2.75) is 5.41 Å². The summed E-state index contributed by atoms with van der Waals surface area (Å²) in [6, 6.07) is 74.5. The van der Waals surface area contributed by atoms with Gasteiger partial charge in [-0.3, -0.25) is 0 Å². The van der Waals surface area contributed by atoms with Gasteiger partial charge < -0.3 is 0 Å². The Hall–Kier alpha value is -7.16. The van der Waals surface area contributed by atoms with Crippen LogP contribution in [0.2, 0.25) is 0 Å². The van der Waals surface area contributed by atoms with Gasteiger partial charge in [-0.05, 0) is 72.8 Å². The Balaban J connectivity index is 1.23. The van der Waals surface area contributed by atoms with E-state index in [4.69, 9.17) is 9.97 Å². The van der Waals surface area contributed by atoms with Crippen LogP contribution >= 0.6 is 0 Å². The van der Waals surface area contributed by atoms with Crippen LogP contribution in [0.25, 0.3) is 78.4 Å². The van der Waals surface area contributed by atoms with E-state index in [2.05, 4.69) is 206 Å². The summed E-state index contributed by atoms with van der Waals surface area (Å²) in [7, 11) is 0. The standard InChI is InChI=1S/C53H34N2/c1-3-18-35(19-4-1)37-22-7-10-27-42(37)52-54-49(36-20-5-2-6-21-36)34-50(55-52)44-29-17-33-48-51(44)43-28-13-16-32-47(43)53(48)45-30-14-11-25-40(45)38-23-8-9-24-39(38)41-26-12-15-31-46(41)53/h1-34H. The van der Waals surface area contributed by atoms with E-state index < -0.39 is 5.41 Å². The monoisotopic (exact) mass is 698 g/mol. The lowest BCUT2D eigenvalue weighted by Crippen LogP contribution is -2.29. The first-order chi connectivity index (χ1) is 27.3. The number of nitrogens with zero attached hydrogens (tertiary/aromatic N) is 2. The summed E-state index contributed by atoms with van der Waals surface area (Å²) in [5, 5.41) is 0. The first kappa shape index (κ1) is 31.4. The second-order valence-electron chi connectivity index (χ2n) is 14.4. The molecule has 0 unspecified atom stereocenters. The lowest BCUT2D eigenvalue weighted by atomic mass is 9.66. The van der Waals surface area contributed by atoms with Crippen LogP contribution in [0.5, 0.6) is 0 Å². The van der Waals surface area contributed by atoms with Crippen LogP contribution in [0, 0.1) is 0 Å². The van der Waals surface area contributed by atoms with Crippen molar-refractivity contribution < 1.29 is 0 Å². The molecule has 0 radical (unpaired) electrons. The maximum atomic E-state index is 5.50. The molecule has 0 atom stereocenters. The van der Waals surface area contributed by atoms with Gasteiger partial charge in [0.05, 0.1) is 16.8 Å². The molecule has 0 aliphatic heterocycles. The Morgan fingerprint density at radius 2 is 0.691 bits per heavy atom. The fraction of sp³-hybridized carbons (Fsp3) is 0.0189. The fourth-order valence-electron chi connectivity index (χ4n) is 9.32. The number of fused-ring (bicyclic) bond motifs is 12. The molecule has 2 aliphatic rings. The zero-order valence-corrected chi connectivity index (χ0v) is 30.0. The van der Waals surface area contributed by atoms with E-state index in [1.165, 1.54) is 55.6 Å². The smallest absolute Gasteiger partial charge is 0.161 e. The van der Waals surface area contributed by atoms with E-state index >= 15 is 0 Å². The van der Waals surface area contributed by atoms with Crippen molar-refractivity contribution in [2.75, 3.05) is 0 Å². The van der Waals surface area contributed by atoms with Gasteiger partial charge in [-0.25, -0.2) is 9.97 Å². The Bertz CT molecular complexity index is 2860. The molecule has 0 saturated heterocycles. The topological polar surface area (TPSA) is 25.8 Å². The van der Waals surface area contributed by atoms with Crippen molar-refractivity contribution in [1.29, 1.82) is 0 Å². The molecule has 0 bridgehead atoms. The van der Waals surface area contributed by atoms with Gasteiger partial charge in [0.25, 0.3) is 0 Å². The summed E-state index contributed by atoms with van der Waals surface area (Å²) in [4.78, 5) is 10.8. The van der Waals surface area contributed by atoms with E-state index in [0.29, 0.717) is 5.82 Å². The van der Waals surface area contributed by atoms with Gasteiger partial charge >= 0.3 is 0 Å². The summed E-state index contributed by atoms with van der Waals surface area (Å²) in [5.41, 5.74) is 19.2. The minimum absolute atomic E-state index is 0.563. The molecule has 2 nitrogen and oxygen atoms in total. The van der Waals surface area contributed by atoms with Gasteiger partial charge in [0.15, 0.2) is 5.82 Å². The summed E-state index contributed by atoms with van der Waals surface area (Å²) >= 11 is 0. The number of benzene rings is 8. The van der Waals surface area contributed by atoms with Crippen molar-refractivity contribution in [1.82, 2.24) is 9.97 Å². The third kappa shape index (κ3) is 4.68. The average molecular weight is 699 g/mol. The van der Waals surface area contributed by atoms with Crippen LogP contribution in [0.4, 0.5) is 0 Å². The van der Waals surface area contributed by atoms with Crippen LogP contribution in [-0.4, -0.2) is 9.97 Å². The van der Waals surface area contributed by atoms with Crippen LogP contribution in [0.15, 0.2) is 206 Å². The van der Waals surface area contributed by atoms with Crippen molar-refractivity contribution in [2.24, 2.45) is 0 Å². The normalized spacial score (nSPS) is 12.9. The maximum absolute atomic E-state index is 5.50. The molecule has 1 aromatic heterocycles. The Morgan fingerprint density at radius 3 is 1.31 bits per heavy atom. The molecule has 1 heterocycles. The highest BCUT2D eigenvalue weighted by Crippen LogP contribution is 2.62. The molecule has 2 heteroatoms. The van der Waals surface area contributed by atoms with Crippen molar-refractivity contribution in [3.8, 4) is 78.4 Å². The first-order valence-electron chi connectivity index (χ1n) is 18.9. The minimum Gasteiger partial charge on any atom is -0.228 e. The third-order valence-electron chi connectivity index (χ3n) is 11.6. The van der Waals surface area contributed by atoms with Crippen LogP contribution in [-0.2, 0) is 5.41 Å². The first-order valence-corrected chi connectivity index (χ1v) is 18.9. The molecule has 0 saturated carbocycles. The quantitative estimate of drug-likeness (QED) is 0.183. The molecule has 8 aromatic carbocycles. The molecule has 2 aliphatic carbocycles. The van der Waals surface area contributed by atoms with Gasteiger partial charge in [0, 0.05) is 16.7 Å². The van der Waals surface area contributed by atoms with E-state index in [1.807, 2.05) is 0 Å². The predicted molar refractivity (Wildman–Crippen MR) is 226 cm³/mol. The second kappa shape index (κ2) is 12.5. The van der Waals surface area contributed by atoms with E-state index in [1.54, 1.807) is 0 Å². The Labute approximate surface area is 321 Å². The number of hydrogen-bond acceptors (Lipinski definition) is 2. The predicted octanol–water partition coefficient (Wildman–Crippen LogP) is 13.2. The highest BCUT2D eigenvalue weighted by Gasteiger charge is 2.50. The zero-order chi connectivity index (χ0) is 36.3. The molecule has 9 aromatic rings. The molecule has 11 rings (SSSR count). The van der Waals surface area contributed by atoms with Crippen molar-refractivity contribution >= 4 is 0 Å². The third-order valence-corrected chi connectivity index (χ3v) is 11.6. The largest absolute Gasteiger partial charge is 0.228 e. The molecule has 0 amide bonds. The summed E-state index contributed by atoms with van der Waals surface area (Å²) in [6.07, 6.45) is 0. The van der Waals surface area contributed by atoms with Crippen molar-refractivity contribution in [3.05, 3.63) is 229 Å². The van der Waals surface area contributed by atoms with Gasteiger partial charge in [-0.15, -0.1) is 0 Å². The van der Waals surface area contributed by atoms with Gasteiger partial charge in [-0.2, -0.15) is 0 Å². The second-order valence-corrected chi connectivity index (χ2v) is 14.4. The van der Waals surface area contributed by atoms with Gasteiger partial charge in [0.2, 0.25) is 0 Å². The van der Waals surface area contributed by atoms with Crippen LogP contribution < -0.4 is 0 Å². The van der Waals surface area contributed by atoms with E-state index in [-0.39, 0.29) is 0 Å². The number of hydrogen-bond donors (Lipinski definition) is 0. The van der Waals surface area contributed by atoms with Crippen molar-refractivity contribution in [3.63, 3.8) is 0 Å². The molecule has 256 valence electrons. The van der Waals surface area contributed by atoms with Crippen LogP contribution in [0.1, 0.15) is 22.3 Å². The minimum atomic E-state index is -0.563. The van der Waals surface area contributed by atoms with E-state index in [0.717, 1.165) is 39.2 Å². The number of aromatic nitrogens is 2. The zero-order valence-electron chi connectivity index (χ0n) is 30.0. The number of rotatable bonds is 4. The molecule has 1 spiro atoms. The Kier molecular flexibility index (Phi) is 7.11. The Morgan fingerprint density at radius 1 is 0.273 bits per heavy atom. The van der Waals surface area contributed by atoms with E-state index in [9.17, 15) is 0 Å². The lowest BCUT2D eigenvalue weighted by molar-refractivity contribution is 0.775. The summed E-state index contributed by atoms with van der Waals surface area (Å²) in [6.45, 7) is 0. The maximum Gasteiger partial charge on any atom is 0.161 e. The van der Waals surface area contributed by atoms with Crippen LogP contribution in [0.3, 0.4) is 0 Å². The summed E-state index contributed by atoms with van der Waals surface area (Å²) < 4.78 is 0.